The van der Waals surface area contributed by atoms with Gasteiger partial charge < -0.3 is 54.5 Å². The fourth-order valence-corrected chi connectivity index (χ4v) is 4.81. The molecule has 0 heterocycles. The van der Waals surface area contributed by atoms with Gasteiger partial charge >= 0.3 is 34.2 Å². The van der Waals surface area contributed by atoms with Crippen LogP contribution in [0.4, 0.5) is 0 Å². The van der Waals surface area contributed by atoms with Crippen LogP contribution < -0.4 is 24.8 Å². The van der Waals surface area contributed by atoms with Crippen LogP contribution in [-0.2, 0) is 39.4 Å². The van der Waals surface area contributed by atoms with Crippen LogP contribution in [0.3, 0.4) is 0 Å². The molecule has 0 N–H and O–H groups in total. The monoisotopic (exact) mass is 582 g/mol. The van der Waals surface area contributed by atoms with Crippen LogP contribution in [0, 0.1) is 29.7 Å². The molecule has 6 heteroatoms. The first-order chi connectivity index (χ1) is 11.9. The van der Waals surface area contributed by atoms with E-state index in [1.807, 2.05) is 0 Å². The third kappa shape index (κ3) is 14.9. The standard InChI is InChI=1S/C12H11.C9H15Si.4CH3.2ClH.2Si.Zr/c1-3-9-7-11-5-2-6-12(11)8-10(9)4-1;1-10(2,3)8-9-6-4-5-7-9;;;;;;;;;/h1,3-4,7-8H,2,5-6H2;4-7H,8H2,1-3H3;4*1H3;2*1H;;;/q6*-1;;;;;/p-2. The van der Waals surface area contributed by atoms with Crippen molar-refractivity contribution in [3.05, 3.63) is 101 Å². The summed E-state index contributed by atoms with van der Waals surface area (Å²) >= 11 is -0.159. The van der Waals surface area contributed by atoms with E-state index in [4.69, 9.17) is 0 Å². The summed E-state index contributed by atoms with van der Waals surface area (Å²) in [5, 5.41) is 2.83. The first kappa shape index (κ1) is 41.5. The van der Waals surface area contributed by atoms with E-state index < -0.39 is 8.07 Å². The minimum atomic E-state index is -0.862. The van der Waals surface area contributed by atoms with E-state index in [0.717, 1.165) is 0 Å². The molecule has 1 aliphatic carbocycles. The Labute approximate surface area is 222 Å². The van der Waals surface area contributed by atoms with Gasteiger partial charge in [0.25, 0.3) is 0 Å². The van der Waals surface area contributed by atoms with Crippen molar-refractivity contribution in [2.24, 2.45) is 0 Å². The second-order valence-electron chi connectivity index (χ2n) is 7.78. The van der Waals surface area contributed by atoms with E-state index in [-0.39, 0.29) is 75.0 Å². The quantitative estimate of drug-likeness (QED) is 0.311. The molecule has 0 aliphatic heterocycles. The van der Waals surface area contributed by atoms with Gasteiger partial charge in [0.2, 0.25) is 0 Å². The minimum Gasteiger partial charge on any atom is -0.168 e. The van der Waals surface area contributed by atoms with Gasteiger partial charge in [0.05, 0.1) is 0 Å². The van der Waals surface area contributed by atoms with Gasteiger partial charge in [0, 0.05) is 8.07 Å². The third-order valence-corrected chi connectivity index (χ3v) is 5.78. The van der Waals surface area contributed by atoms with E-state index in [0.29, 0.717) is 0 Å². The molecule has 0 atom stereocenters. The molecule has 0 saturated heterocycles. The van der Waals surface area contributed by atoms with Crippen molar-refractivity contribution in [2.75, 3.05) is 0 Å². The molecular weight excluding hydrogens is 547 g/mol. The molecule has 0 amide bonds. The molecule has 0 bridgehead atoms. The van der Waals surface area contributed by atoms with Gasteiger partial charge in [0.1, 0.15) is 0 Å². The number of aryl methyl sites for hydroxylation is 2. The number of benzene rings is 1. The number of hydrogen-bond donors (Lipinski definition) is 0. The van der Waals surface area contributed by atoms with Crippen molar-refractivity contribution in [2.45, 2.75) is 44.9 Å². The maximum absolute atomic E-state index is 3.27. The molecule has 0 saturated carbocycles. The van der Waals surface area contributed by atoms with E-state index in [1.54, 1.807) is 11.1 Å². The molecule has 3 aromatic carbocycles. The maximum atomic E-state index is 3.27. The summed E-state index contributed by atoms with van der Waals surface area (Å²) in [5.41, 5.74) is 4.67. The number of fused-ring (bicyclic) bond motifs is 2. The van der Waals surface area contributed by atoms with Crippen molar-refractivity contribution in [1.29, 1.82) is 0 Å². The topological polar surface area (TPSA) is 0 Å². The smallest absolute Gasteiger partial charge is 0.0289 e. The molecule has 0 spiro atoms. The fraction of sp³-hybridized carbons (Fsp3) is 0.280. The Kier molecular flexibility index (Phi) is 28.0. The van der Waals surface area contributed by atoms with Crippen molar-refractivity contribution < 1.29 is 45.3 Å². The van der Waals surface area contributed by atoms with E-state index in [2.05, 4.69) is 88.0 Å². The average Bonchev–Trinajstić information content (AvgIpc) is 3.25. The maximum Gasteiger partial charge on any atom is -0.0289 e. The summed E-state index contributed by atoms with van der Waals surface area (Å²) in [6.07, 6.45) is 3.93. The first-order valence-electron chi connectivity index (χ1n) is 8.89. The van der Waals surface area contributed by atoms with Crippen LogP contribution in [0.5, 0.6) is 0 Å². The Balaban J connectivity index is -0.000000111. The van der Waals surface area contributed by atoms with E-state index in [1.165, 1.54) is 41.6 Å². The predicted octanol–water partition coefficient (Wildman–Crippen LogP) is 0.918. The Morgan fingerprint density at radius 1 is 0.903 bits per heavy atom. The SMILES string of the molecule is C[Si](C)(C)Cc1cc[cH-]c1.[CH3-].[CH3-].[CH3-].[CH3-].[Cl-].[Cl-].[Si]=[Zr]=[Si].c1cc2cc3c(cc2[cH-]1)CCC3. The van der Waals surface area contributed by atoms with Gasteiger partial charge in [-0.2, -0.15) is 30.3 Å². The van der Waals surface area contributed by atoms with Gasteiger partial charge in [-0.05, 0) is 19.3 Å². The van der Waals surface area contributed by atoms with Crippen molar-refractivity contribution in [3.63, 3.8) is 0 Å². The van der Waals surface area contributed by atoms with Crippen molar-refractivity contribution >= 4 is 32.6 Å². The minimum absolute atomic E-state index is 0. The predicted molar refractivity (Wildman–Crippen MR) is 138 cm³/mol. The van der Waals surface area contributed by atoms with Crippen LogP contribution in [0.2, 0.25) is 19.6 Å². The summed E-state index contributed by atoms with van der Waals surface area (Å²) in [4.78, 5) is 0. The number of hydrogen-bond acceptors (Lipinski definition) is 0. The molecular formula is C25H38Cl2Si3Zr-8. The second-order valence-corrected chi connectivity index (χ2v) is 19.8. The average molecular weight is 585 g/mol. The van der Waals surface area contributed by atoms with Crippen molar-refractivity contribution in [3.8, 4) is 0 Å². The molecule has 4 radical (unpaired) electrons. The summed E-state index contributed by atoms with van der Waals surface area (Å²) in [6.45, 7) is 13.7. The Bertz CT molecular complexity index is 790. The Morgan fingerprint density at radius 3 is 1.94 bits per heavy atom. The number of halogens is 2. The van der Waals surface area contributed by atoms with Crippen LogP contribution in [0.1, 0.15) is 23.1 Å². The molecule has 0 aromatic heterocycles. The summed E-state index contributed by atoms with van der Waals surface area (Å²) < 4.78 is 0. The Hall–Kier alpha value is 0.294. The molecule has 0 nitrogen and oxygen atoms in total. The van der Waals surface area contributed by atoms with Crippen molar-refractivity contribution in [1.82, 2.24) is 0 Å². The van der Waals surface area contributed by atoms with Crippen LogP contribution >= 0.6 is 0 Å². The van der Waals surface area contributed by atoms with Gasteiger partial charge in [-0.1, -0.05) is 36.8 Å². The molecule has 4 rings (SSSR count). The molecule has 31 heavy (non-hydrogen) atoms. The van der Waals surface area contributed by atoms with Gasteiger partial charge in [-0.25, -0.2) is 11.6 Å². The van der Waals surface area contributed by atoms with Gasteiger partial charge in [-0.15, -0.1) is 29.0 Å². The van der Waals surface area contributed by atoms with Crippen LogP contribution in [0.15, 0.2) is 54.6 Å². The normalized spacial score (nSPS) is 10.0. The molecule has 176 valence electrons. The molecule has 0 fully saturated rings. The largest absolute Gasteiger partial charge is 0.168 e. The van der Waals surface area contributed by atoms with Crippen LogP contribution in [0.25, 0.3) is 10.8 Å². The van der Waals surface area contributed by atoms with Gasteiger partial charge in [-0.3, -0.25) is 0 Å². The van der Waals surface area contributed by atoms with E-state index in [9.17, 15) is 0 Å². The first-order valence-corrected chi connectivity index (χ1v) is 21.0. The summed E-state index contributed by atoms with van der Waals surface area (Å²) in [6, 6.07) is 21.3. The summed E-state index contributed by atoms with van der Waals surface area (Å²) in [5.74, 6) is 0. The zero-order valence-electron chi connectivity index (χ0n) is 20.3. The molecule has 0 unspecified atom stereocenters. The Morgan fingerprint density at radius 2 is 1.45 bits per heavy atom. The van der Waals surface area contributed by atoms with Crippen LogP contribution in [-0.4, -0.2) is 21.8 Å². The zero-order chi connectivity index (χ0) is 18.3. The fourth-order valence-electron chi connectivity index (χ4n) is 3.35. The van der Waals surface area contributed by atoms with E-state index >= 15 is 0 Å². The second kappa shape index (κ2) is 20.9. The molecule has 1 aliphatic rings. The third-order valence-electron chi connectivity index (χ3n) is 4.32. The van der Waals surface area contributed by atoms with Gasteiger partial charge in [0.15, 0.2) is 0 Å². The zero-order valence-corrected chi connectivity index (χ0v) is 27.3. The molecule has 3 aromatic rings. The summed E-state index contributed by atoms with van der Waals surface area (Å²) in [7, 11) is -0.862. The number of rotatable bonds is 2.